The normalized spacial score (nSPS) is 10.9. The van der Waals surface area contributed by atoms with Gasteiger partial charge in [-0.2, -0.15) is 5.10 Å². The quantitative estimate of drug-likeness (QED) is 0.561. The van der Waals surface area contributed by atoms with Crippen LogP contribution in [-0.4, -0.2) is 14.6 Å². The van der Waals surface area contributed by atoms with Crippen molar-refractivity contribution in [3.63, 3.8) is 0 Å². The minimum absolute atomic E-state index is 0.958. The third-order valence-electron chi connectivity index (χ3n) is 1.84. The standard InChI is InChI=1S/C8H10N3P/c1-5-3-6(2)10-11-4-9-8(12)7(5)11/h3-4H,12H2,1-2H3. The molecular weight excluding hydrogens is 169 g/mol. The smallest absolute Gasteiger partial charge is 0.118 e. The minimum Gasteiger partial charge on any atom is -0.235 e. The van der Waals surface area contributed by atoms with Crippen molar-refractivity contribution in [3.05, 3.63) is 23.7 Å². The fourth-order valence-electron chi connectivity index (χ4n) is 1.39. The van der Waals surface area contributed by atoms with E-state index in [0.29, 0.717) is 0 Å². The molecule has 0 amide bonds. The van der Waals surface area contributed by atoms with Gasteiger partial charge in [0, 0.05) is 0 Å². The van der Waals surface area contributed by atoms with E-state index in [9.17, 15) is 0 Å². The van der Waals surface area contributed by atoms with Gasteiger partial charge in [-0.1, -0.05) is 9.24 Å². The molecule has 2 aromatic heterocycles. The second-order valence-corrected chi connectivity index (χ2v) is 3.44. The van der Waals surface area contributed by atoms with E-state index >= 15 is 0 Å². The van der Waals surface area contributed by atoms with Crippen LogP contribution in [0, 0.1) is 13.8 Å². The van der Waals surface area contributed by atoms with Crippen LogP contribution in [0.15, 0.2) is 12.4 Å². The van der Waals surface area contributed by atoms with Crippen LogP contribution in [0.1, 0.15) is 11.3 Å². The van der Waals surface area contributed by atoms with E-state index in [2.05, 4.69) is 32.3 Å². The molecule has 0 aliphatic heterocycles. The van der Waals surface area contributed by atoms with Crippen molar-refractivity contribution >= 4 is 20.2 Å². The largest absolute Gasteiger partial charge is 0.235 e. The number of aryl methyl sites for hydroxylation is 2. The van der Waals surface area contributed by atoms with E-state index in [-0.39, 0.29) is 0 Å². The van der Waals surface area contributed by atoms with Crippen LogP contribution in [0.2, 0.25) is 0 Å². The van der Waals surface area contributed by atoms with Crippen molar-refractivity contribution < 1.29 is 0 Å². The molecule has 0 N–H and O–H groups in total. The number of imidazole rings is 1. The van der Waals surface area contributed by atoms with Gasteiger partial charge in [0.25, 0.3) is 0 Å². The zero-order chi connectivity index (χ0) is 8.72. The van der Waals surface area contributed by atoms with Crippen LogP contribution < -0.4 is 5.44 Å². The highest BCUT2D eigenvalue weighted by atomic mass is 31.0. The summed E-state index contributed by atoms with van der Waals surface area (Å²) < 4.78 is 1.81. The van der Waals surface area contributed by atoms with E-state index in [4.69, 9.17) is 0 Å². The first-order valence-electron chi connectivity index (χ1n) is 3.75. The molecule has 12 heavy (non-hydrogen) atoms. The molecule has 0 aliphatic rings. The fourth-order valence-corrected chi connectivity index (χ4v) is 1.82. The SMILES string of the molecule is Cc1cc(C)c2c(P)ncn2n1. The molecule has 0 spiro atoms. The van der Waals surface area contributed by atoms with Crippen LogP contribution in [-0.2, 0) is 0 Å². The second-order valence-electron chi connectivity index (χ2n) is 2.89. The molecule has 3 nitrogen and oxygen atoms in total. The van der Waals surface area contributed by atoms with E-state index in [1.165, 1.54) is 5.56 Å². The highest BCUT2D eigenvalue weighted by Crippen LogP contribution is 2.08. The molecule has 2 rings (SSSR count). The van der Waals surface area contributed by atoms with E-state index in [1.807, 2.05) is 11.4 Å². The summed E-state index contributed by atoms with van der Waals surface area (Å²) in [6, 6.07) is 2.06. The lowest BCUT2D eigenvalue weighted by atomic mass is 10.2. The Kier molecular flexibility index (Phi) is 1.62. The monoisotopic (exact) mass is 179 g/mol. The van der Waals surface area contributed by atoms with Crippen LogP contribution in [0.3, 0.4) is 0 Å². The number of rotatable bonds is 0. The summed E-state index contributed by atoms with van der Waals surface area (Å²) in [5.41, 5.74) is 4.28. The van der Waals surface area contributed by atoms with Crippen molar-refractivity contribution in [2.75, 3.05) is 0 Å². The Hall–Kier alpha value is -0.950. The predicted octanol–water partition coefficient (Wildman–Crippen LogP) is 0.847. The van der Waals surface area contributed by atoms with Crippen LogP contribution in [0.4, 0.5) is 0 Å². The average Bonchev–Trinajstić information content (AvgIpc) is 2.31. The maximum atomic E-state index is 4.30. The van der Waals surface area contributed by atoms with Gasteiger partial charge >= 0.3 is 0 Å². The van der Waals surface area contributed by atoms with Crippen molar-refractivity contribution in [3.8, 4) is 0 Å². The first-order valence-corrected chi connectivity index (χ1v) is 4.33. The number of hydrogen-bond acceptors (Lipinski definition) is 2. The fraction of sp³-hybridized carbons (Fsp3) is 0.250. The van der Waals surface area contributed by atoms with E-state index in [0.717, 1.165) is 16.6 Å². The van der Waals surface area contributed by atoms with E-state index in [1.54, 1.807) is 6.33 Å². The number of aromatic nitrogens is 3. The summed E-state index contributed by atoms with van der Waals surface area (Å²) in [7, 11) is 2.61. The van der Waals surface area contributed by atoms with Crippen LogP contribution in [0.25, 0.3) is 5.52 Å². The predicted molar refractivity (Wildman–Crippen MR) is 51.8 cm³/mol. The summed E-state index contributed by atoms with van der Waals surface area (Å²) in [5, 5.41) is 4.30. The second kappa shape index (κ2) is 2.53. The summed E-state index contributed by atoms with van der Waals surface area (Å²) in [5.74, 6) is 0. The summed E-state index contributed by atoms with van der Waals surface area (Å²) >= 11 is 0. The highest BCUT2D eigenvalue weighted by molar-refractivity contribution is 7.27. The minimum atomic E-state index is 0.958. The molecule has 2 heterocycles. The molecular formula is C8H10N3P. The topological polar surface area (TPSA) is 30.2 Å². The summed E-state index contributed by atoms with van der Waals surface area (Å²) in [6.07, 6.45) is 1.73. The Bertz CT molecular complexity index is 433. The van der Waals surface area contributed by atoms with Gasteiger partial charge in [0.1, 0.15) is 6.33 Å². The molecule has 1 unspecified atom stereocenters. The average molecular weight is 179 g/mol. The summed E-state index contributed by atoms with van der Waals surface area (Å²) in [4.78, 5) is 4.16. The Morgan fingerprint density at radius 2 is 2.17 bits per heavy atom. The summed E-state index contributed by atoms with van der Waals surface area (Å²) in [6.45, 7) is 4.05. The van der Waals surface area contributed by atoms with Gasteiger partial charge in [-0.3, -0.25) is 0 Å². The van der Waals surface area contributed by atoms with E-state index < -0.39 is 0 Å². The maximum absolute atomic E-state index is 4.30. The Labute approximate surface area is 73.0 Å². The molecule has 0 radical (unpaired) electrons. The Balaban J connectivity index is 2.93. The lowest BCUT2D eigenvalue weighted by Crippen LogP contribution is -1.99. The van der Waals surface area contributed by atoms with Gasteiger partial charge in [0.15, 0.2) is 0 Å². The third-order valence-corrected chi connectivity index (χ3v) is 2.26. The zero-order valence-corrected chi connectivity index (χ0v) is 8.23. The van der Waals surface area contributed by atoms with Crippen LogP contribution in [0.5, 0.6) is 0 Å². The molecule has 0 bridgehead atoms. The van der Waals surface area contributed by atoms with Gasteiger partial charge in [0.05, 0.1) is 16.6 Å². The molecule has 0 saturated carbocycles. The van der Waals surface area contributed by atoms with Crippen molar-refractivity contribution in [2.24, 2.45) is 0 Å². The Morgan fingerprint density at radius 1 is 1.42 bits per heavy atom. The van der Waals surface area contributed by atoms with Crippen molar-refractivity contribution in [2.45, 2.75) is 13.8 Å². The number of fused-ring (bicyclic) bond motifs is 1. The number of nitrogens with zero attached hydrogens (tertiary/aromatic N) is 3. The first-order chi connectivity index (χ1) is 5.68. The molecule has 1 atom stereocenters. The maximum Gasteiger partial charge on any atom is 0.118 e. The molecule has 0 aromatic carbocycles. The van der Waals surface area contributed by atoms with Gasteiger partial charge in [-0.15, -0.1) is 0 Å². The first kappa shape index (κ1) is 7.69. The lowest BCUT2D eigenvalue weighted by molar-refractivity contribution is 0.887. The van der Waals surface area contributed by atoms with Crippen molar-refractivity contribution in [1.29, 1.82) is 0 Å². The Morgan fingerprint density at radius 3 is 2.92 bits per heavy atom. The molecule has 62 valence electrons. The van der Waals surface area contributed by atoms with Gasteiger partial charge in [0.2, 0.25) is 0 Å². The molecule has 0 fully saturated rings. The molecule has 0 aliphatic carbocycles. The van der Waals surface area contributed by atoms with Gasteiger partial charge in [-0.05, 0) is 25.5 Å². The molecule has 4 heteroatoms. The highest BCUT2D eigenvalue weighted by Gasteiger charge is 2.03. The van der Waals surface area contributed by atoms with Crippen molar-refractivity contribution in [1.82, 2.24) is 14.6 Å². The lowest BCUT2D eigenvalue weighted by Gasteiger charge is -1.99. The van der Waals surface area contributed by atoms with Crippen LogP contribution >= 0.6 is 9.24 Å². The number of hydrogen-bond donors (Lipinski definition) is 0. The van der Waals surface area contributed by atoms with Gasteiger partial charge < -0.3 is 0 Å². The zero-order valence-electron chi connectivity index (χ0n) is 7.07. The molecule has 0 saturated heterocycles. The van der Waals surface area contributed by atoms with Gasteiger partial charge in [-0.25, -0.2) is 9.50 Å². The third kappa shape index (κ3) is 1.01. The molecule has 2 aromatic rings.